The van der Waals surface area contributed by atoms with Gasteiger partial charge >= 0.3 is 11.9 Å². The first-order valence-corrected chi connectivity index (χ1v) is 31.4. The highest BCUT2D eigenvalue weighted by Crippen LogP contribution is 2.11. The van der Waals surface area contributed by atoms with Gasteiger partial charge in [0.1, 0.15) is 78.5 Å². The molecule has 0 rings (SSSR count). The summed E-state index contributed by atoms with van der Waals surface area (Å²) in [6, 6.07) is -19.7. The fourth-order valence-electron chi connectivity index (χ4n) is 8.72. The highest BCUT2D eigenvalue weighted by molar-refractivity contribution is 5.99. The Balaban J connectivity index is 6.21. The van der Waals surface area contributed by atoms with Gasteiger partial charge in [-0.05, 0) is 150 Å². The third-order valence-corrected chi connectivity index (χ3v) is 14.6. The highest BCUT2D eigenvalue weighted by atomic mass is 16.4. The lowest BCUT2D eigenvalue weighted by molar-refractivity contribution is -0.142. The number of aliphatic hydroxyl groups excluding tert-OH is 4. The van der Waals surface area contributed by atoms with Crippen LogP contribution < -0.4 is 92.5 Å². The molecule has 37 heteroatoms. The summed E-state index contributed by atoms with van der Waals surface area (Å²) in [5, 5.41) is 88.1. The maximum atomic E-state index is 14.0. The van der Waals surface area contributed by atoms with Gasteiger partial charge < -0.3 is 123 Å². The van der Waals surface area contributed by atoms with Gasteiger partial charge in [0.05, 0.1) is 25.4 Å². The molecule has 0 saturated heterocycles. The maximum absolute atomic E-state index is 14.0. The number of carboxylic acid groups (broad SMARTS) is 2. The third-order valence-electron chi connectivity index (χ3n) is 14.6. The second-order valence-corrected chi connectivity index (χ2v) is 23.1. The minimum atomic E-state index is -1.78. The molecule has 0 spiro atoms. The molecule has 0 aromatic carbocycles. The number of amides is 12. The normalized spacial score (nSPS) is 16.0. The van der Waals surface area contributed by atoms with Crippen molar-refractivity contribution < 1.29 is 97.8 Å². The number of rotatable bonds is 49. The number of hydrogen-bond acceptors (Lipinski definition) is 23. The molecule has 0 fully saturated rings. The second kappa shape index (κ2) is 46.3. The standard InChI is InChI=1S/C57H105N17O20/c1-28(2)43(73-54(90)42(62)32(6)77)55(91)74-44(33(7)78)56(92)69-36(18-10-14-24-60)49(85)67-35(17-9-13-23-59)51(87)72-39(26-75)52(88)65-29(3)45(81)63-30(4)46(82)66-37(20-21-41(79)80)48(84)64-31(5)47(83)71-40(27-76)53(89)68-34(16-8-12-22-58)50(86)70-38(57(93)94)19-11-15-25-61/h28-40,42-44,75-78H,8-27,58-62H2,1-7H3,(H,63,81)(H,64,84)(H,65,88)(H,66,82)(H,67,85)(H,68,89)(H,69,92)(H,70,86)(H,71,83)(H,72,87)(H,73,90)(H,74,91)(H,79,80)(H,93,94)/t29-,30-,31-,32+,33+,34-,35-,36-,37-,38-,39-,40-,42-,43-,44-/m0/s1. The molecule has 0 saturated carbocycles. The van der Waals surface area contributed by atoms with Crippen LogP contribution in [0.25, 0.3) is 0 Å². The zero-order chi connectivity index (χ0) is 71.9. The van der Waals surface area contributed by atoms with Crippen molar-refractivity contribution in [2.24, 2.45) is 34.6 Å². The van der Waals surface area contributed by atoms with E-state index < -0.39 is 206 Å². The quantitative estimate of drug-likeness (QED) is 0.0252. The van der Waals surface area contributed by atoms with E-state index >= 15 is 0 Å². The molecular formula is C57H105N17O20. The van der Waals surface area contributed by atoms with E-state index in [9.17, 15) is 97.8 Å². The van der Waals surface area contributed by atoms with Gasteiger partial charge in [0.25, 0.3) is 0 Å². The topological polar surface area (TPSA) is 635 Å². The molecule has 0 radical (unpaired) electrons. The zero-order valence-corrected chi connectivity index (χ0v) is 54.7. The molecule has 0 aliphatic heterocycles. The third kappa shape index (κ3) is 32.9. The minimum absolute atomic E-state index is 0.00894. The van der Waals surface area contributed by atoms with Crippen LogP contribution in [-0.4, -0.2) is 244 Å². The Bertz CT molecular complexity index is 2480. The number of nitrogens with one attached hydrogen (secondary N) is 12. The van der Waals surface area contributed by atoms with Gasteiger partial charge in [-0.25, -0.2) is 4.79 Å². The van der Waals surface area contributed by atoms with Crippen LogP contribution in [0.3, 0.4) is 0 Å². The monoisotopic (exact) mass is 1350 g/mol. The summed E-state index contributed by atoms with van der Waals surface area (Å²) in [6.45, 7) is 7.85. The van der Waals surface area contributed by atoms with Crippen LogP contribution >= 0.6 is 0 Å². The highest BCUT2D eigenvalue weighted by Gasteiger charge is 2.37. The molecule has 0 aliphatic rings. The van der Waals surface area contributed by atoms with Crippen LogP contribution in [0, 0.1) is 5.92 Å². The molecule has 12 amide bonds. The molecule has 0 aromatic rings. The van der Waals surface area contributed by atoms with Crippen molar-refractivity contribution in [3.05, 3.63) is 0 Å². The Morgan fingerprint density at radius 2 is 0.596 bits per heavy atom. The number of aliphatic hydroxyl groups is 4. The van der Waals surface area contributed by atoms with Crippen molar-refractivity contribution in [3.63, 3.8) is 0 Å². The number of unbranched alkanes of at least 4 members (excludes halogenated alkanes) is 4. The lowest BCUT2D eigenvalue weighted by atomic mass is 10.0. The van der Waals surface area contributed by atoms with Crippen molar-refractivity contribution in [2.75, 3.05) is 39.4 Å². The predicted octanol–water partition coefficient (Wildman–Crippen LogP) is -8.94. The fourth-order valence-corrected chi connectivity index (χ4v) is 8.72. The number of carbonyl (C=O) groups excluding carboxylic acids is 12. The molecule has 37 nitrogen and oxygen atoms in total. The van der Waals surface area contributed by atoms with E-state index in [1.807, 2.05) is 0 Å². The van der Waals surface area contributed by atoms with E-state index in [4.69, 9.17) is 28.7 Å². The Kier molecular flexibility index (Phi) is 42.5. The molecular weight excluding hydrogens is 1240 g/mol. The Morgan fingerprint density at radius 3 is 0.947 bits per heavy atom. The second-order valence-electron chi connectivity index (χ2n) is 23.1. The molecule has 0 aliphatic carbocycles. The van der Waals surface area contributed by atoms with Crippen LogP contribution in [0.15, 0.2) is 0 Å². The molecule has 538 valence electrons. The van der Waals surface area contributed by atoms with Crippen molar-refractivity contribution in [3.8, 4) is 0 Å². The number of carbonyl (C=O) groups is 14. The van der Waals surface area contributed by atoms with Crippen molar-refractivity contribution in [1.29, 1.82) is 0 Å². The van der Waals surface area contributed by atoms with E-state index in [2.05, 4.69) is 63.8 Å². The van der Waals surface area contributed by atoms with Gasteiger partial charge in [0.15, 0.2) is 0 Å². The van der Waals surface area contributed by atoms with E-state index in [-0.39, 0.29) is 64.7 Å². The van der Waals surface area contributed by atoms with Gasteiger partial charge in [0.2, 0.25) is 70.9 Å². The van der Waals surface area contributed by atoms with E-state index in [0.29, 0.717) is 38.5 Å². The molecule has 15 atom stereocenters. The number of carboxylic acids is 2. The van der Waals surface area contributed by atoms with Gasteiger partial charge in [-0.15, -0.1) is 0 Å². The van der Waals surface area contributed by atoms with Crippen LogP contribution in [0.5, 0.6) is 0 Å². The molecule has 0 heterocycles. The lowest BCUT2D eigenvalue weighted by Crippen LogP contribution is -2.62. The number of nitrogens with two attached hydrogens (primary N) is 5. The molecule has 0 bridgehead atoms. The van der Waals surface area contributed by atoms with E-state index in [0.717, 1.165) is 20.8 Å². The van der Waals surface area contributed by atoms with E-state index in [1.165, 1.54) is 13.8 Å². The predicted molar refractivity (Wildman–Crippen MR) is 337 cm³/mol. The molecule has 0 unspecified atom stereocenters. The van der Waals surface area contributed by atoms with Crippen molar-refractivity contribution >= 4 is 82.8 Å². The summed E-state index contributed by atoms with van der Waals surface area (Å²) in [5.74, 6) is -15.4. The lowest BCUT2D eigenvalue weighted by Gasteiger charge is -2.29. The SMILES string of the molecule is CC(C)[C@H](NC(=O)[C@@H](N)[C@@H](C)O)C(=O)N[C@H](C(=O)N[C@@H](CCCCN)C(=O)N[C@@H](CCCCN)C(=O)N[C@@H](CO)C(=O)N[C@@H](C)C(=O)N[C@@H](C)C(=O)N[C@@H](CCC(=O)O)C(=O)N[C@@H](C)C(=O)N[C@@H](CO)C(=O)N[C@@H](CCCCN)C(=O)N[C@@H](CCCCN)C(=O)O)[C@@H](C)O. The smallest absolute Gasteiger partial charge is 0.326 e. The largest absolute Gasteiger partial charge is 0.481 e. The number of hydrogen-bond donors (Lipinski definition) is 23. The summed E-state index contributed by atoms with van der Waals surface area (Å²) < 4.78 is 0. The first-order chi connectivity index (χ1) is 44.2. The minimum Gasteiger partial charge on any atom is -0.481 e. The Hall–Kier alpha value is -7.78. The fraction of sp³-hybridized carbons (Fsp3) is 0.754. The summed E-state index contributed by atoms with van der Waals surface area (Å²) in [4.78, 5) is 185. The Morgan fingerprint density at radius 1 is 0.319 bits per heavy atom. The first-order valence-electron chi connectivity index (χ1n) is 31.4. The molecule has 28 N–H and O–H groups in total. The molecule has 0 aromatic heterocycles. The van der Waals surface area contributed by atoms with Crippen molar-refractivity contribution in [1.82, 2.24) is 63.8 Å². The summed E-state index contributed by atoms with van der Waals surface area (Å²) >= 11 is 0. The van der Waals surface area contributed by atoms with E-state index in [1.54, 1.807) is 13.8 Å². The average molecular weight is 1350 g/mol. The number of aliphatic carboxylic acids is 2. The van der Waals surface area contributed by atoms with Crippen LogP contribution in [0.1, 0.15) is 138 Å². The first kappa shape index (κ1) is 86.2. The van der Waals surface area contributed by atoms with Gasteiger partial charge in [0, 0.05) is 6.42 Å². The van der Waals surface area contributed by atoms with Gasteiger partial charge in [-0.3, -0.25) is 62.3 Å². The van der Waals surface area contributed by atoms with Gasteiger partial charge in [-0.1, -0.05) is 13.8 Å². The van der Waals surface area contributed by atoms with Gasteiger partial charge in [-0.2, -0.15) is 0 Å². The summed E-state index contributed by atoms with van der Waals surface area (Å²) in [7, 11) is 0. The molecule has 94 heavy (non-hydrogen) atoms. The van der Waals surface area contributed by atoms with Crippen LogP contribution in [0.2, 0.25) is 0 Å². The zero-order valence-electron chi connectivity index (χ0n) is 54.7. The van der Waals surface area contributed by atoms with Crippen molar-refractivity contribution in [2.45, 2.75) is 229 Å². The average Bonchev–Trinajstić information content (AvgIpc) is 1.16. The maximum Gasteiger partial charge on any atom is 0.326 e. The summed E-state index contributed by atoms with van der Waals surface area (Å²) in [5.41, 5.74) is 28.2. The Labute approximate surface area is 546 Å². The van der Waals surface area contributed by atoms with Crippen LogP contribution in [-0.2, 0) is 67.1 Å². The summed E-state index contributed by atoms with van der Waals surface area (Å²) in [6.07, 6.45) is -1.43. The van der Waals surface area contributed by atoms with Crippen LogP contribution in [0.4, 0.5) is 0 Å².